The minimum Gasteiger partial charge on any atom is -0.495 e. The molecule has 0 spiro atoms. The van der Waals surface area contributed by atoms with E-state index in [1.807, 2.05) is 27.0 Å². The third-order valence-electron chi connectivity index (χ3n) is 3.83. The summed E-state index contributed by atoms with van der Waals surface area (Å²) in [5.41, 5.74) is 9.95. The molecule has 0 atom stereocenters. The molecule has 3 rings (SSSR count). The van der Waals surface area contributed by atoms with Crippen molar-refractivity contribution in [3.8, 4) is 5.75 Å². The Kier molecular flexibility index (Phi) is 3.81. The number of anilines is 1. The van der Waals surface area contributed by atoms with Crippen LogP contribution < -0.4 is 10.5 Å². The van der Waals surface area contributed by atoms with Gasteiger partial charge in [0.25, 0.3) is 0 Å². The van der Waals surface area contributed by atoms with Crippen molar-refractivity contribution in [1.82, 2.24) is 24.7 Å². The molecule has 0 aliphatic rings. The molecule has 23 heavy (non-hydrogen) atoms. The number of nitrogens with two attached hydrogens (primary N) is 1. The van der Waals surface area contributed by atoms with E-state index >= 15 is 0 Å². The maximum Gasteiger partial charge on any atom is 0.223 e. The molecule has 7 nitrogen and oxygen atoms in total. The van der Waals surface area contributed by atoms with Gasteiger partial charge in [0.2, 0.25) is 5.95 Å². The average molecular weight is 333 g/mol. The first kappa shape index (κ1) is 15.5. The molecule has 8 heteroatoms. The molecule has 0 amide bonds. The molecule has 3 aromatic rings. The fourth-order valence-electron chi connectivity index (χ4n) is 2.69. The molecule has 0 bridgehead atoms. The number of aromatic nitrogens is 5. The van der Waals surface area contributed by atoms with Crippen LogP contribution in [0.25, 0.3) is 11.0 Å². The zero-order valence-electron chi connectivity index (χ0n) is 13.4. The number of fused-ring (bicyclic) bond motifs is 1. The van der Waals surface area contributed by atoms with Crippen LogP contribution in [-0.4, -0.2) is 31.8 Å². The Labute approximate surface area is 138 Å². The predicted molar refractivity (Wildman–Crippen MR) is 88.8 cm³/mol. The van der Waals surface area contributed by atoms with Crippen molar-refractivity contribution in [2.24, 2.45) is 0 Å². The molecule has 0 radical (unpaired) electrons. The summed E-state index contributed by atoms with van der Waals surface area (Å²) in [5, 5.41) is 5.54. The fraction of sp³-hybridized carbons (Fsp3) is 0.333. The Morgan fingerprint density at radius 2 is 1.96 bits per heavy atom. The lowest BCUT2D eigenvalue weighted by molar-refractivity contribution is 0.405. The van der Waals surface area contributed by atoms with E-state index in [2.05, 4.69) is 20.1 Å². The van der Waals surface area contributed by atoms with E-state index in [-0.39, 0.29) is 5.95 Å². The van der Waals surface area contributed by atoms with E-state index in [1.165, 1.54) is 0 Å². The van der Waals surface area contributed by atoms with Gasteiger partial charge in [-0.05, 0) is 31.9 Å². The molecule has 120 valence electrons. The average Bonchev–Trinajstić information content (AvgIpc) is 2.79. The number of pyridine rings is 1. The molecular formula is C15H17ClN6O. The summed E-state index contributed by atoms with van der Waals surface area (Å²) in [7, 11) is 1.64. The van der Waals surface area contributed by atoms with Gasteiger partial charge in [-0.3, -0.25) is 4.98 Å². The van der Waals surface area contributed by atoms with Gasteiger partial charge in [0.05, 0.1) is 30.4 Å². The van der Waals surface area contributed by atoms with Crippen LogP contribution in [0.5, 0.6) is 5.75 Å². The molecule has 0 saturated heterocycles. The Morgan fingerprint density at radius 1 is 1.22 bits per heavy atom. The third kappa shape index (κ3) is 2.57. The van der Waals surface area contributed by atoms with Gasteiger partial charge in [-0.15, -0.1) is 0 Å². The first-order chi connectivity index (χ1) is 10.9. The normalized spacial score (nSPS) is 11.2. The minimum atomic E-state index is 0.125. The molecule has 2 N–H and O–H groups in total. The summed E-state index contributed by atoms with van der Waals surface area (Å²) in [5.74, 6) is 0.905. The second kappa shape index (κ2) is 5.66. The first-order valence-corrected chi connectivity index (χ1v) is 7.45. The van der Waals surface area contributed by atoms with Crippen molar-refractivity contribution in [2.75, 3.05) is 12.8 Å². The number of rotatable bonds is 3. The zero-order chi connectivity index (χ0) is 16.7. The summed E-state index contributed by atoms with van der Waals surface area (Å²) in [4.78, 5) is 12.6. The predicted octanol–water partition coefficient (Wildman–Crippen LogP) is 2.44. The number of nitrogen functional groups attached to an aromatic ring is 1. The van der Waals surface area contributed by atoms with E-state index in [1.54, 1.807) is 11.8 Å². The lowest BCUT2D eigenvalue weighted by atomic mass is 10.1. The van der Waals surface area contributed by atoms with E-state index in [9.17, 15) is 0 Å². The van der Waals surface area contributed by atoms with Gasteiger partial charge in [-0.1, -0.05) is 11.6 Å². The van der Waals surface area contributed by atoms with Crippen molar-refractivity contribution >= 4 is 28.6 Å². The van der Waals surface area contributed by atoms with Crippen LogP contribution in [-0.2, 0) is 6.54 Å². The fourth-order valence-corrected chi connectivity index (χ4v) is 3.00. The number of ether oxygens (including phenoxy) is 1. The van der Waals surface area contributed by atoms with Crippen LogP contribution in [0.1, 0.15) is 22.5 Å². The van der Waals surface area contributed by atoms with Crippen LogP contribution >= 0.6 is 11.6 Å². The highest BCUT2D eigenvalue weighted by molar-refractivity contribution is 6.34. The highest BCUT2D eigenvalue weighted by Gasteiger charge is 2.16. The maximum atomic E-state index is 6.17. The Bertz CT molecular complexity index is 905. The SMILES string of the molecule is COc1c(C)ncc(Cn2nc(C)c3c(Cl)nc(N)nc32)c1C. The number of halogens is 1. The molecule has 3 aromatic heterocycles. The number of methoxy groups -OCH3 is 1. The van der Waals surface area contributed by atoms with Crippen LogP contribution in [0.2, 0.25) is 5.15 Å². The van der Waals surface area contributed by atoms with E-state index < -0.39 is 0 Å². The highest BCUT2D eigenvalue weighted by atomic mass is 35.5. The van der Waals surface area contributed by atoms with Crippen molar-refractivity contribution in [3.05, 3.63) is 33.9 Å². The Morgan fingerprint density at radius 3 is 2.65 bits per heavy atom. The Hall–Kier alpha value is -2.41. The summed E-state index contributed by atoms with van der Waals surface area (Å²) in [6.45, 7) is 6.27. The molecule has 0 aliphatic carbocycles. The monoisotopic (exact) mass is 332 g/mol. The lowest BCUT2D eigenvalue weighted by Crippen LogP contribution is -2.08. The molecule has 0 saturated carbocycles. The van der Waals surface area contributed by atoms with Gasteiger partial charge in [0, 0.05) is 6.20 Å². The number of hydrogen-bond donors (Lipinski definition) is 1. The van der Waals surface area contributed by atoms with Gasteiger partial charge < -0.3 is 10.5 Å². The largest absolute Gasteiger partial charge is 0.495 e. The zero-order valence-corrected chi connectivity index (χ0v) is 14.1. The Balaban J connectivity index is 2.13. The van der Waals surface area contributed by atoms with Gasteiger partial charge in [-0.25, -0.2) is 9.67 Å². The van der Waals surface area contributed by atoms with Crippen LogP contribution in [0.4, 0.5) is 5.95 Å². The van der Waals surface area contributed by atoms with E-state index in [0.29, 0.717) is 22.7 Å². The van der Waals surface area contributed by atoms with Crippen LogP contribution in [0, 0.1) is 20.8 Å². The molecule has 0 fully saturated rings. The van der Waals surface area contributed by atoms with Crippen molar-refractivity contribution < 1.29 is 4.74 Å². The highest BCUT2D eigenvalue weighted by Crippen LogP contribution is 2.27. The standard InChI is InChI=1S/C15H17ClN6O/c1-7-10(5-18-9(3)12(7)23-4)6-22-14-11(8(2)21-22)13(16)19-15(17)20-14/h5H,6H2,1-4H3,(H2,17,19,20). The van der Waals surface area contributed by atoms with E-state index in [4.69, 9.17) is 22.1 Å². The lowest BCUT2D eigenvalue weighted by Gasteiger charge is -2.12. The van der Waals surface area contributed by atoms with Crippen molar-refractivity contribution in [1.29, 1.82) is 0 Å². The summed E-state index contributed by atoms with van der Waals surface area (Å²) in [6, 6.07) is 0. The summed E-state index contributed by atoms with van der Waals surface area (Å²) >= 11 is 6.17. The second-order valence-electron chi connectivity index (χ2n) is 5.34. The van der Waals surface area contributed by atoms with Gasteiger partial charge >= 0.3 is 0 Å². The smallest absolute Gasteiger partial charge is 0.223 e. The van der Waals surface area contributed by atoms with Gasteiger partial charge in [0.15, 0.2) is 5.65 Å². The molecular weight excluding hydrogens is 316 g/mol. The molecule has 0 unspecified atom stereocenters. The summed E-state index contributed by atoms with van der Waals surface area (Å²) in [6.07, 6.45) is 1.82. The van der Waals surface area contributed by atoms with Crippen LogP contribution in [0.15, 0.2) is 6.20 Å². The first-order valence-electron chi connectivity index (χ1n) is 7.07. The second-order valence-corrected chi connectivity index (χ2v) is 5.70. The molecule has 3 heterocycles. The quantitative estimate of drug-likeness (QED) is 0.741. The summed E-state index contributed by atoms with van der Waals surface area (Å²) < 4.78 is 7.18. The maximum absolute atomic E-state index is 6.17. The number of hydrogen-bond acceptors (Lipinski definition) is 6. The minimum absolute atomic E-state index is 0.125. The van der Waals surface area contributed by atoms with Crippen molar-refractivity contribution in [3.63, 3.8) is 0 Å². The molecule has 0 aliphatic heterocycles. The number of aryl methyl sites for hydroxylation is 2. The number of nitrogens with zero attached hydrogens (tertiary/aromatic N) is 5. The van der Waals surface area contributed by atoms with Gasteiger partial charge in [0.1, 0.15) is 10.9 Å². The topological polar surface area (TPSA) is 91.7 Å². The van der Waals surface area contributed by atoms with Crippen molar-refractivity contribution in [2.45, 2.75) is 27.3 Å². The van der Waals surface area contributed by atoms with Crippen LogP contribution in [0.3, 0.4) is 0 Å². The third-order valence-corrected chi connectivity index (χ3v) is 4.10. The van der Waals surface area contributed by atoms with E-state index in [0.717, 1.165) is 28.3 Å². The molecule has 0 aromatic carbocycles. The van der Waals surface area contributed by atoms with Gasteiger partial charge in [-0.2, -0.15) is 10.1 Å².